The Kier molecular flexibility index (Phi) is 5.63. The van der Waals surface area contributed by atoms with E-state index in [0.717, 1.165) is 27.0 Å². The molecule has 2 heterocycles. The molecule has 164 valence electrons. The molecule has 2 saturated heterocycles. The van der Waals surface area contributed by atoms with E-state index < -0.39 is 0 Å². The SMILES string of the molecule is CCOc1ccc(C2NNC3C(=O)N(c4ccc(Br)cc4)C(c4ccc(O)cc4)C32)cc1. The summed E-state index contributed by atoms with van der Waals surface area (Å²) >= 11 is 3.48. The summed E-state index contributed by atoms with van der Waals surface area (Å²) in [6.45, 7) is 2.58. The van der Waals surface area contributed by atoms with Gasteiger partial charge in [0, 0.05) is 16.1 Å². The number of phenols is 1. The predicted molar refractivity (Wildman–Crippen MR) is 126 cm³/mol. The maximum atomic E-state index is 13.6. The number of benzene rings is 3. The van der Waals surface area contributed by atoms with Crippen LogP contribution >= 0.6 is 15.9 Å². The average molecular weight is 494 g/mol. The van der Waals surface area contributed by atoms with Gasteiger partial charge in [0.25, 0.3) is 0 Å². The summed E-state index contributed by atoms with van der Waals surface area (Å²) in [6.07, 6.45) is 0. The molecule has 0 saturated carbocycles. The van der Waals surface area contributed by atoms with E-state index in [1.165, 1.54) is 0 Å². The molecule has 4 unspecified atom stereocenters. The molecule has 3 aromatic carbocycles. The number of nitrogens with zero attached hydrogens (tertiary/aromatic N) is 1. The molecule has 6 nitrogen and oxygen atoms in total. The zero-order valence-electron chi connectivity index (χ0n) is 17.5. The summed E-state index contributed by atoms with van der Waals surface area (Å²) in [4.78, 5) is 15.5. The molecule has 3 N–H and O–H groups in total. The summed E-state index contributed by atoms with van der Waals surface area (Å²) in [5.74, 6) is 1.01. The van der Waals surface area contributed by atoms with Gasteiger partial charge in [0.15, 0.2) is 0 Å². The quantitative estimate of drug-likeness (QED) is 0.488. The molecular weight excluding hydrogens is 470 g/mol. The Morgan fingerprint density at radius 3 is 2.19 bits per heavy atom. The first kappa shape index (κ1) is 21.0. The number of nitrogens with one attached hydrogen (secondary N) is 2. The van der Waals surface area contributed by atoms with Crippen LogP contribution in [0.2, 0.25) is 0 Å². The highest BCUT2D eigenvalue weighted by Gasteiger charge is 2.55. The number of hydrogen-bond acceptors (Lipinski definition) is 5. The molecule has 2 fully saturated rings. The highest BCUT2D eigenvalue weighted by molar-refractivity contribution is 9.10. The summed E-state index contributed by atoms with van der Waals surface area (Å²) in [7, 11) is 0. The van der Waals surface area contributed by atoms with Crippen LogP contribution < -0.4 is 20.5 Å². The van der Waals surface area contributed by atoms with Gasteiger partial charge in [-0.3, -0.25) is 4.79 Å². The van der Waals surface area contributed by atoms with Crippen LogP contribution in [0.5, 0.6) is 11.5 Å². The second-order valence-corrected chi connectivity index (χ2v) is 8.96. The smallest absolute Gasteiger partial charge is 0.246 e. The number of carbonyl (C=O) groups is 1. The van der Waals surface area contributed by atoms with Crippen LogP contribution in [0.25, 0.3) is 0 Å². The van der Waals surface area contributed by atoms with Gasteiger partial charge in [-0.2, -0.15) is 0 Å². The van der Waals surface area contributed by atoms with E-state index in [9.17, 15) is 9.90 Å². The third-order valence-corrected chi connectivity index (χ3v) is 6.73. The van der Waals surface area contributed by atoms with E-state index >= 15 is 0 Å². The minimum atomic E-state index is -0.367. The minimum absolute atomic E-state index is 0.0244. The Balaban J connectivity index is 1.57. The lowest BCUT2D eigenvalue weighted by Crippen LogP contribution is -2.41. The predicted octanol–water partition coefficient (Wildman–Crippen LogP) is 4.48. The molecule has 4 atom stereocenters. The lowest BCUT2D eigenvalue weighted by molar-refractivity contribution is -0.119. The van der Waals surface area contributed by atoms with E-state index in [4.69, 9.17) is 4.74 Å². The molecule has 0 aliphatic carbocycles. The normalized spacial score (nSPS) is 24.6. The lowest BCUT2D eigenvalue weighted by atomic mass is 9.83. The van der Waals surface area contributed by atoms with Crippen molar-refractivity contribution in [3.05, 3.63) is 88.4 Å². The first-order valence-electron chi connectivity index (χ1n) is 10.7. The number of anilines is 1. The molecule has 0 radical (unpaired) electrons. The highest BCUT2D eigenvalue weighted by atomic mass is 79.9. The van der Waals surface area contributed by atoms with Crippen molar-refractivity contribution in [2.24, 2.45) is 5.92 Å². The summed E-state index contributed by atoms with van der Waals surface area (Å²) in [5.41, 5.74) is 9.51. The van der Waals surface area contributed by atoms with Gasteiger partial charge < -0.3 is 14.7 Å². The molecule has 7 heteroatoms. The molecular formula is C25H24BrN3O3. The largest absolute Gasteiger partial charge is 0.508 e. The van der Waals surface area contributed by atoms with Crippen molar-refractivity contribution in [3.63, 3.8) is 0 Å². The van der Waals surface area contributed by atoms with Crippen molar-refractivity contribution in [3.8, 4) is 11.5 Å². The van der Waals surface area contributed by atoms with Gasteiger partial charge in [-0.15, -0.1) is 0 Å². The summed E-state index contributed by atoms with van der Waals surface area (Å²) in [6, 6.07) is 22.3. The van der Waals surface area contributed by atoms with Gasteiger partial charge in [-0.05, 0) is 66.6 Å². The number of hydrogen-bond donors (Lipinski definition) is 3. The van der Waals surface area contributed by atoms with Crippen molar-refractivity contribution in [2.45, 2.75) is 25.0 Å². The number of aromatic hydroxyl groups is 1. The van der Waals surface area contributed by atoms with Gasteiger partial charge in [0.1, 0.15) is 17.5 Å². The second-order valence-electron chi connectivity index (χ2n) is 8.04. The molecule has 2 aliphatic heterocycles. The van der Waals surface area contributed by atoms with Crippen molar-refractivity contribution in [1.29, 1.82) is 0 Å². The van der Waals surface area contributed by atoms with Crippen LogP contribution in [0, 0.1) is 5.92 Å². The van der Waals surface area contributed by atoms with E-state index in [1.807, 2.05) is 72.5 Å². The van der Waals surface area contributed by atoms with Crippen LogP contribution in [0.1, 0.15) is 30.1 Å². The zero-order chi connectivity index (χ0) is 22.2. The standard InChI is InChI=1S/C25H24BrN3O3/c1-2-32-20-13-5-15(6-14-20)22-21-23(28-27-22)25(31)29(18-9-7-17(26)8-10-18)24(21)16-3-11-19(30)12-4-16/h3-14,21-24,27-28,30H,2H2,1H3. The number of ether oxygens (including phenoxy) is 1. The third kappa shape index (κ3) is 3.66. The summed E-state index contributed by atoms with van der Waals surface area (Å²) < 4.78 is 6.55. The van der Waals surface area contributed by atoms with Gasteiger partial charge in [0.2, 0.25) is 5.91 Å². The van der Waals surface area contributed by atoms with Crippen LogP contribution in [0.3, 0.4) is 0 Å². The zero-order valence-corrected chi connectivity index (χ0v) is 19.1. The topological polar surface area (TPSA) is 73.8 Å². The number of rotatable bonds is 5. The monoisotopic (exact) mass is 493 g/mol. The average Bonchev–Trinajstić information content (AvgIpc) is 3.35. The first-order valence-corrected chi connectivity index (χ1v) is 11.5. The molecule has 0 spiro atoms. The van der Waals surface area contributed by atoms with Crippen LogP contribution in [-0.2, 0) is 4.79 Å². The number of hydrazine groups is 1. The fourth-order valence-corrected chi connectivity index (χ4v) is 5.05. The van der Waals surface area contributed by atoms with Crippen molar-refractivity contribution in [2.75, 3.05) is 11.5 Å². The summed E-state index contributed by atoms with van der Waals surface area (Å²) in [5, 5.41) is 9.83. The maximum Gasteiger partial charge on any atom is 0.246 e. The lowest BCUT2D eigenvalue weighted by Gasteiger charge is -2.31. The molecule has 2 aliphatic rings. The van der Waals surface area contributed by atoms with Gasteiger partial charge in [-0.1, -0.05) is 40.2 Å². The fraction of sp³-hybridized carbons (Fsp3) is 0.240. The van der Waals surface area contributed by atoms with E-state index in [-0.39, 0.29) is 35.7 Å². The molecule has 5 rings (SSSR count). The van der Waals surface area contributed by atoms with Crippen molar-refractivity contribution < 1.29 is 14.6 Å². The van der Waals surface area contributed by atoms with Gasteiger partial charge in [-0.25, -0.2) is 10.9 Å². The number of amides is 1. The number of fused-ring (bicyclic) bond motifs is 1. The van der Waals surface area contributed by atoms with Gasteiger partial charge in [0.05, 0.1) is 18.7 Å². The second kappa shape index (κ2) is 8.58. The van der Waals surface area contributed by atoms with Crippen molar-refractivity contribution in [1.82, 2.24) is 10.9 Å². The van der Waals surface area contributed by atoms with Gasteiger partial charge >= 0.3 is 0 Å². The Morgan fingerprint density at radius 1 is 0.906 bits per heavy atom. The maximum absolute atomic E-state index is 13.6. The number of halogens is 1. The first-order chi connectivity index (χ1) is 15.6. The van der Waals surface area contributed by atoms with E-state index in [0.29, 0.717) is 6.61 Å². The van der Waals surface area contributed by atoms with Crippen LogP contribution in [0.15, 0.2) is 77.3 Å². The number of carbonyl (C=O) groups excluding carboxylic acids is 1. The van der Waals surface area contributed by atoms with E-state index in [2.05, 4.69) is 26.8 Å². The van der Waals surface area contributed by atoms with Crippen molar-refractivity contribution >= 4 is 27.5 Å². The molecule has 32 heavy (non-hydrogen) atoms. The fourth-order valence-electron chi connectivity index (χ4n) is 4.79. The Hall–Kier alpha value is -2.87. The highest BCUT2D eigenvalue weighted by Crippen LogP contribution is 2.49. The van der Waals surface area contributed by atoms with Crippen LogP contribution in [0.4, 0.5) is 5.69 Å². The Bertz CT molecular complexity index is 1100. The minimum Gasteiger partial charge on any atom is -0.508 e. The van der Waals surface area contributed by atoms with Crippen LogP contribution in [-0.4, -0.2) is 23.7 Å². The Labute approximate surface area is 195 Å². The van der Waals surface area contributed by atoms with E-state index in [1.54, 1.807) is 12.1 Å². The molecule has 0 bridgehead atoms. The molecule has 0 aromatic heterocycles. The third-order valence-electron chi connectivity index (χ3n) is 6.20. The molecule has 1 amide bonds. The number of phenolic OH excluding ortho intramolecular Hbond substituents is 1. The molecule has 3 aromatic rings. The Morgan fingerprint density at radius 2 is 1.53 bits per heavy atom.